The number of hydrogen-bond donors (Lipinski definition) is 1. The van der Waals surface area contributed by atoms with Crippen molar-refractivity contribution in [1.82, 2.24) is 9.80 Å². The topological polar surface area (TPSA) is 45.2 Å². The molecule has 2 aromatic rings. The Balaban J connectivity index is 1.50. The first kappa shape index (κ1) is 26.2. The number of aromatic hydroxyl groups is 1. The Bertz CT molecular complexity index is 1100. The van der Waals surface area contributed by atoms with E-state index in [1.54, 1.807) is 25.3 Å². The van der Waals surface area contributed by atoms with Crippen molar-refractivity contribution in [1.29, 1.82) is 0 Å². The standard InChI is InChI=1S/C30H39FN2O3/c1-5-33(20-21-6-13-30(28(31)16-21)36-15-14-32(2)3)29-19-26(35-4)11-12-27(29)24-8-7-23-18-25(34)10-9-22(23)17-24/h6,9-13,16,18-19,24,27,29,34H,5,7-8,14-15,17,20H2,1-4H3/t24-,27?,29?/m1/s1. The number of phenols is 1. The molecule has 2 aromatic carbocycles. The van der Waals surface area contributed by atoms with Gasteiger partial charge in [-0.3, -0.25) is 4.90 Å². The Morgan fingerprint density at radius 2 is 1.94 bits per heavy atom. The Morgan fingerprint density at radius 1 is 1.11 bits per heavy atom. The normalized spacial score (nSPS) is 21.4. The number of allylic oxidation sites excluding steroid dienone is 1. The zero-order chi connectivity index (χ0) is 25.7. The van der Waals surface area contributed by atoms with Gasteiger partial charge in [-0.2, -0.15) is 0 Å². The average molecular weight is 495 g/mol. The van der Waals surface area contributed by atoms with E-state index in [0.29, 0.717) is 36.5 Å². The largest absolute Gasteiger partial charge is 0.508 e. The van der Waals surface area contributed by atoms with E-state index >= 15 is 0 Å². The summed E-state index contributed by atoms with van der Waals surface area (Å²) in [4.78, 5) is 4.41. The molecular formula is C30H39FN2O3. The van der Waals surface area contributed by atoms with Crippen molar-refractivity contribution < 1.29 is 19.0 Å². The van der Waals surface area contributed by atoms with Gasteiger partial charge in [-0.05, 0) is 105 Å². The fourth-order valence-electron chi connectivity index (χ4n) is 5.43. The second kappa shape index (κ2) is 11.9. The summed E-state index contributed by atoms with van der Waals surface area (Å²) in [6.07, 6.45) is 9.63. The maximum atomic E-state index is 14.8. The maximum Gasteiger partial charge on any atom is 0.165 e. The molecule has 3 atom stereocenters. The molecule has 0 aliphatic heterocycles. The molecule has 194 valence electrons. The number of ether oxygens (including phenoxy) is 2. The van der Waals surface area contributed by atoms with Gasteiger partial charge in [0.1, 0.15) is 18.1 Å². The highest BCUT2D eigenvalue weighted by atomic mass is 19.1. The molecule has 0 fully saturated rings. The van der Waals surface area contributed by atoms with Gasteiger partial charge in [0.15, 0.2) is 11.6 Å². The van der Waals surface area contributed by atoms with Crippen molar-refractivity contribution in [2.45, 2.75) is 38.8 Å². The lowest BCUT2D eigenvalue weighted by Crippen LogP contribution is -2.43. The number of halogens is 1. The first-order valence-corrected chi connectivity index (χ1v) is 12.9. The van der Waals surface area contributed by atoms with Crippen molar-refractivity contribution in [2.75, 3.05) is 40.9 Å². The minimum absolute atomic E-state index is 0.151. The van der Waals surface area contributed by atoms with Crippen LogP contribution in [0.5, 0.6) is 11.5 Å². The monoisotopic (exact) mass is 494 g/mol. The molecular weight excluding hydrogens is 455 g/mol. The summed E-state index contributed by atoms with van der Waals surface area (Å²) in [6.45, 7) is 4.83. The van der Waals surface area contributed by atoms with Crippen LogP contribution in [0, 0.1) is 17.7 Å². The SMILES string of the molecule is CCN(Cc1ccc(OCCN(C)C)c(F)c1)C1C=C(OC)C=CC1[C@@H]1CCc2cc(O)ccc2C1. The molecule has 36 heavy (non-hydrogen) atoms. The summed E-state index contributed by atoms with van der Waals surface area (Å²) in [5, 5.41) is 9.87. The second-order valence-electron chi connectivity index (χ2n) is 10.1. The molecule has 0 radical (unpaired) electrons. The van der Waals surface area contributed by atoms with Gasteiger partial charge in [0.2, 0.25) is 0 Å². The lowest BCUT2D eigenvalue weighted by atomic mass is 9.72. The number of benzene rings is 2. The van der Waals surface area contributed by atoms with E-state index in [1.807, 2.05) is 31.1 Å². The summed E-state index contributed by atoms with van der Waals surface area (Å²) in [7, 11) is 5.64. The third-order valence-electron chi connectivity index (χ3n) is 7.45. The predicted octanol–water partition coefficient (Wildman–Crippen LogP) is 5.18. The highest BCUT2D eigenvalue weighted by molar-refractivity contribution is 5.37. The fourth-order valence-corrected chi connectivity index (χ4v) is 5.43. The zero-order valence-corrected chi connectivity index (χ0v) is 21.9. The van der Waals surface area contributed by atoms with Crippen molar-refractivity contribution in [2.24, 2.45) is 11.8 Å². The van der Waals surface area contributed by atoms with Gasteiger partial charge in [0.25, 0.3) is 0 Å². The summed E-state index contributed by atoms with van der Waals surface area (Å²) in [6, 6.07) is 11.2. The summed E-state index contributed by atoms with van der Waals surface area (Å²) < 4.78 is 26.0. The zero-order valence-electron chi connectivity index (χ0n) is 21.9. The Kier molecular flexibility index (Phi) is 8.70. The van der Waals surface area contributed by atoms with Crippen LogP contribution >= 0.6 is 0 Å². The van der Waals surface area contributed by atoms with Gasteiger partial charge in [-0.1, -0.05) is 25.1 Å². The van der Waals surface area contributed by atoms with Crippen LogP contribution in [0.25, 0.3) is 0 Å². The average Bonchev–Trinajstić information content (AvgIpc) is 2.87. The fraction of sp³-hybridized carbons (Fsp3) is 0.467. The highest BCUT2D eigenvalue weighted by Gasteiger charge is 2.34. The summed E-state index contributed by atoms with van der Waals surface area (Å²) in [5.74, 6) is 2.00. The quantitative estimate of drug-likeness (QED) is 0.493. The molecule has 0 aromatic heterocycles. The van der Waals surface area contributed by atoms with E-state index in [0.717, 1.165) is 43.7 Å². The lowest BCUT2D eigenvalue weighted by Gasteiger charge is -2.41. The molecule has 0 spiro atoms. The molecule has 0 bridgehead atoms. The number of fused-ring (bicyclic) bond motifs is 1. The van der Waals surface area contributed by atoms with Crippen molar-refractivity contribution in [3.05, 3.63) is 82.9 Å². The molecule has 6 heteroatoms. The molecule has 1 N–H and O–H groups in total. The molecule has 0 amide bonds. The predicted molar refractivity (Wildman–Crippen MR) is 142 cm³/mol. The number of rotatable bonds is 10. The third-order valence-corrected chi connectivity index (χ3v) is 7.45. The van der Waals surface area contributed by atoms with Crippen LogP contribution in [0.1, 0.15) is 30.0 Å². The second-order valence-corrected chi connectivity index (χ2v) is 10.1. The molecule has 2 unspecified atom stereocenters. The van der Waals surface area contributed by atoms with E-state index in [9.17, 15) is 9.50 Å². The number of nitrogens with zero attached hydrogens (tertiary/aromatic N) is 2. The molecule has 0 saturated heterocycles. The minimum Gasteiger partial charge on any atom is -0.508 e. The van der Waals surface area contributed by atoms with Crippen molar-refractivity contribution in [3.63, 3.8) is 0 Å². The van der Waals surface area contributed by atoms with Gasteiger partial charge in [0.05, 0.1) is 7.11 Å². The van der Waals surface area contributed by atoms with Gasteiger partial charge in [-0.15, -0.1) is 0 Å². The van der Waals surface area contributed by atoms with Crippen LogP contribution < -0.4 is 4.74 Å². The third kappa shape index (κ3) is 6.29. The summed E-state index contributed by atoms with van der Waals surface area (Å²) >= 11 is 0. The number of likely N-dealkylation sites (N-methyl/N-ethyl adjacent to an activating group) is 2. The van der Waals surface area contributed by atoms with Gasteiger partial charge in [-0.25, -0.2) is 4.39 Å². The molecule has 5 nitrogen and oxygen atoms in total. The molecule has 0 saturated carbocycles. The van der Waals surface area contributed by atoms with E-state index in [1.165, 1.54) is 11.1 Å². The molecule has 0 heterocycles. The van der Waals surface area contributed by atoms with E-state index in [4.69, 9.17) is 9.47 Å². The smallest absolute Gasteiger partial charge is 0.165 e. The number of phenolic OH excluding ortho intramolecular Hbond substituents is 1. The van der Waals surface area contributed by atoms with E-state index in [-0.39, 0.29) is 11.9 Å². The molecule has 4 rings (SSSR count). The first-order chi connectivity index (χ1) is 17.4. The van der Waals surface area contributed by atoms with Crippen LogP contribution in [0.3, 0.4) is 0 Å². The van der Waals surface area contributed by atoms with Crippen LogP contribution in [-0.2, 0) is 24.1 Å². The summed E-state index contributed by atoms with van der Waals surface area (Å²) in [5.41, 5.74) is 3.51. The highest BCUT2D eigenvalue weighted by Crippen LogP contribution is 2.38. The Labute approximate surface area is 214 Å². The van der Waals surface area contributed by atoms with Gasteiger partial charge >= 0.3 is 0 Å². The van der Waals surface area contributed by atoms with E-state index in [2.05, 4.69) is 36.1 Å². The molecule has 2 aliphatic carbocycles. The minimum atomic E-state index is -0.317. The van der Waals surface area contributed by atoms with Crippen LogP contribution in [0.4, 0.5) is 4.39 Å². The Morgan fingerprint density at radius 3 is 2.67 bits per heavy atom. The number of hydrogen-bond acceptors (Lipinski definition) is 5. The number of aryl methyl sites for hydroxylation is 1. The number of methoxy groups -OCH3 is 1. The molecule has 2 aliphatic rings. The van der Waals surface area contributed by atoms with Crippen molar-refractivity contribution in [3.8, 4) is 11.5 Å². The van der Waals surface area contributed by atoms with Gasteiger partial charge in [0, 0.05) is 19.1 Å². The van der Waals surface area contributed by atoms with E-state index < -0.39 is 0 Å². The van der Waals surface area contributed by atoms with Crippen LogP contribution in [-0.4, -0.2) is 61.8 Å². The van der Waals surface area contributed by atoms with Crippen LogP contribution in [0.15, 0.2) is 60.4 Å². The maximum absolute atomic E-state index is 14.8. The lowest BCUT2D eigenvalue weighted by molar-refractivity contribution is 0.147. The Hall–Kier alpha value is -2.83. The van der Waals surface area contributed by atoms with Crippen LogP contribution in [0.2, 0.25) is 0 Å². The first-order valence-electron chi connectivity index (χ1n) is 12.9. The van der Waals surface area contributed by atoms with Crippen molar-refractivity contribution >= 4 is 0 Å². The van der Waals surface area contributed by atoms with Gasteiger partial charge < -0.3 is 19.5 Å².